The summed E-state index contributed by atoms with van der Waals surface area (Å²) >= 11 is 1.34. The van der Waals surface area contributed by atoms with Gasteiger partial charge in [-0.05, 0) is 37.1 Å². The molecule has 128 valence electrons. The van der Waals surface area contributed by atoms with Gasteiger partial charge in [0.15, 0.2) is 0 Å². The van der Waals surface area contributed by atoms with E-state index in [0.717, 1.165) is 16.8 Å². The predicted octanol–water partition coefficient (Wildman–Crippen LogP) is 4.78. The smallest absolute Gasteiger partial charge is 0.269 e. The third-order valence-electron chi connectivity index (χ3n) is 4.67. The van der Waals surface area contributed by atoms with Crippen molar-refractivity contribution in [3.63, 3.8) is 0 Å². The third kappa shape index (κ3) is 2.55. The molecule has 3 nitrogen and oxygen atoms in total. The van der Waals surface area contributed by atoms with Crippen molar-refractivity contribution in [3.05, 3.63) is 64.3 Å². The van der Waals surface area contributed by atoms with Crippen LogP contribution in [-0.4, -0.2) is 19.1 Å². The van der Waals surface area contributed by atoms with Gasteiger partial charge in [0.25, 0.3) is 5.91 Å². The number of anilines is 1. The van der Waals surface area contributed by atoms with Crippen LogP contribution in [0.15, 0.2) is 42.5 Å². The zero-order valence-corrected chi connectivity index (χ0v) is 14.9. The maximum atomic E-state index is 14.4. The van der Waals surface area contributed by atoms with Gasteiger partial charge in [-0.2, -0.15) is 0 Å². The molecule has 1 aliphatic rings. The van der Waals surface area contributed by atoms with Crippen molar-refractivity contribution in [2.45, 2.75) is 26.0 Å². The molecule has 1 unspecified atom stereocenters. The van der Waals surface area contributed by atoms with Gasteiger partial charge in [0, 0.05) is 34.5 Å². The number of para-hydroxylation sites is 1. The molecule has 3 aromatic rings. The molecule has 0 radical (unpaired) electrons. The maximum Gasteiger partial charge on any atom is 0.269 e. The first-order chi connectivity index (χ1) is 12.1. The van der Waals surface area contributed by atoms with Crippen LogP contribution >= 0.6 is 11.3 Å². The Balaban J connectivity index is 1.86. The first kappa shape index (κ1) is 16.2. The second-order valence-corrected chi connectivity index (χ2v) is 7.36. The summed E-state index contributed by atoms with van der Waals surface area (Å²) in [6.07, 6.45) is 0.834. The van der Waals surface area contributed by atoms with Crippen LogP contribution in [0.2, 0.25) is 0 Å². The second-order valence-electron chi connectivity index (χ2n) is 6.31. The number of nitrogens with zero attached hydrogens (tertiary/aromatic N) is 1. The minimum Gasteiger partial charge on any atom is -0.380 e. The van der Waals surface area contributed by atoms with Gasteiger partial charge < -0.3 is 9.64 Å². The molecule has 0 bridgehead atoms. The summed E-state index contributed by atoms with van der Waals surface area (Å²) in [6.45, 7) is 2.26. The van der Waals surface area contributed by atoms with Gasteiger partial charge in [0.2, 0.25) is 0 Å². The first-order valence-corrected chi connectivity index (χ1v) is 9.03. The number of hydrogen-bond donors (Lipinski definition) is 0. The van der Waals surface area contributed by atoms with Crippen LogP contribution in [0.4, 0.5) is 10.1 Å². The molecule has 0 fully saturated rings. The molecule has 25 heavy (non-hydrogen) atoms. The predicted molar refractivity (Wildman–Crippen MR) is 98.9 cm³/mol. The highest BCUT2D eigenvalue weighted by Crippen LogP contribution is 2.38. The normalized spacial score (nSPS) is 16.4. The first-order valence-electron chi connectivity index (χ1n) is 8.22. The number of amides is 1. The summed E-state index contributed by atoms with van der Waals surface area (Å²) in [6, 6.07) is 13.0. The van der Waals surface area contributed by atoms with Crippen LogP contribution in [0.3, 0.4) is 0 Å². The quantitative estimate of drug-likeness (QED) is 0.677. The van der Waals surface area contributed by atoms with Crippen molar-refractivity contribution in [2.75, 3.05) is 12.0 Å². The number of rotatable bonds is 3. The maximum absolute atomic E-state index is 14.4. The molecule has 1 atom stereocenters. The third-order valence-corrected chi connectivity index (χ3v) is 5.86. The van der Waals surface area contributed by atoms with Crippen LogP contribution in [-0.2, 0) is 17.8 Å². The van der Waals surface area contributed by atoms with E-state index in [2.05, 4.69) is 6.07 Å². The fourth-order valence-electron chi connectivity index (χ4n) is 3.61. The number of hydrogen-bond acceptors (Lipinski definition) is 3. The number of carbonyl (C=O) groups excluding carboxylic acids is 1. The average molecular weight is 355 g/mol. The van der Waals surface area contributed by atoms with Crippen molar-refractivity contribution in [3.8, 4) is 0 Å². The van der Waals surface area contributed by atoms with Crippen LogP contribution in [0.5, 0.6) is 0 Å². The molecule has 0 aliphatic carbocycles. The summed E-state index contributed by atoms with van der Waals surface area (Å²) in [4.78, 5) is 15.7. The summed E-state index contributed by atoms with van der Waals surface area (Å²) < 4.78 is 20.4. The molecule has 2 heterocycles. The number of fused-ring (bicyclic) bond motifs is 2. The summed E-state index contributed by atoms with van der Waals surface area (Å²) in [5.41, 5.74) is 2.76. The van der Waals surface area contributed by atoms with Gasteiger partial charge in [0.1, 0.15) is 5.82 Å². The van der Waals surface area contributed by atoms with Crippen molar-refractivity contribution < 1.29 is 13.9 Å². The summed E-state index contributed by atoms with van der Waals surface area (Å²) in [5, 5.41) is 0.498. The van der Waals surface area contributed by atoms with Crippen molar-refractivity contribution in [1.29, 1.82) is 0 Å². The van der Waals surface area contributed by atoms with E-state index in [1.165, 1.54) is 23.0 Å². The van der Waals surface area contributed by atoms with Crippen LogP contribution in [0.1, 0.15) is 27.7 Å². The highest BCUT2D eigenvalue weighted by Gasteiger charge is 2.33. The Labute approximate surface area is 149 Å². The van der Waals surface area contributed by atoms with E-state index in [1.807, 2.05) is 36.1 Å². The molecule has 0 spiro atoms. The highest BCUT2D eigenvalue weighted by molar-refractivity contribution is 7.21. The van der Waals surface area contributed by atoms with E-state index in [4.69, 9.17) is 4.74 Å². The van der Waals surface area contributed by atoms with Crippen LogP contribution in [0.25, 0.3) is 10.1 Å². The molecule has 1 aromatic heterocycles. The van der Waals surface area contributed by atoms with E-state index in [-0.39, 0.29) is 24.4 Å². The zero-order chi connectivity index (χ0) is 17.6. The minimum absolute atomic E-state index is 0.0786. The van der Waals surface area contributed by atoms with Crippen molar-refractivity contribution in [1.82, 2.24) is 0 Å². The zero-order valence-electron chi connectivity index (χ0n) is 14.1. The summed E-state index contributed by atoms with van der Waals surface area (Å²) in [5.74, 6) is -0.389. The Hall–Kier alpha value is -2.24. The molecule has 1 aliphatic heterocycles. The Morgan fingerprint density at radius 2 is 2.08 bits per heavy atom. The number of benzene rings is 2. The number of thiophene rings is 1. The summed E-state index contributed by atoms with van der Waals surface area (Å²) in [7, 11) is 1.56. The number of halogens is 1. The fraction of sp³-hybridized carbons (Fsp3) is 0.250. The lowest BCUT2D eigenvalue weighted by Crippen LogP contribution is -2.35. The number of ether oxygens (including phenoxy) is 1. The molecule has 4 rings (SSSR count). The largest absolute Gasteiger partial charge is 0.380 e. The van der Waals surface area contributed by atoms with Crippen LogP contribution < -0.4 is 4.90 Å². The Morgan fingerprint density at radius 3 is 2.88 bits per heavy atom. The molecule has 2 aromatic carbocycles. The Bertz CT molecular complexity index is 965. The standard InChI is InChI=1S/C20H18FNO2S/c1-12-10-13-6-3-4-8-16(13)22(12)20(23)19-14(11-24-2)18-15(21)7-5-9-17(18)25-19/h3-9,12H,10-11H2,1-2H3. The Morgan fingerprint density at radius 1 is 1.28 bits per heavy atom. The van der Waals surface area contributed by atoms with Crippen molar-refractivity contribution >= 4 is 33.0 Å². The molecule has 1 amide bonds. The lowest BCUT2D eigenvalue weighted by molar-refractivity contribution is 0.0981. The average Bonchev–Trinajstić information content (AvgIpc) is 3.13. The topological polar surface area (TPSA) is 29.5 Å². The minimum atomic E-state index is -0.310. The lowest BCUT2D eigenvalue weighted by Gasteiger charge is -2.22. The number of carbonyl (C=O) groups is 1. The van der Waals surface area contributed by atoms with E-state index in [9.17, 15) is 9.18 Å². The van der Waals surface area contributed by atoms with Gasteiger partial charge in [0.05, 0.1) is 11.5 Å². The fourth-order valence-corrected chi connectivity index (χ4v) is 4.77. The highest BCUT2D eigenvalue weighted by atomic mass is 32.1. The molecular formula is C20H18FNO2S. The van der Waals surface area contributed by atoms with Gasteiger partial charge in [-0.1, -0.05) is 24.3 Å². The van der Waals surface area contributed by atoms with Gasteiger partial charge in [-0.15, -0.1) is 11.3 Å². The molecule has 0 saturated heterocycles. The van der Waals surface area contributed by atoms with E-state index in [0.29, 0.717) is 15.8 Å². The van der Waals surface area contributed by atoms with E-state index in [1.54, 1.807) is 13.2 Å². The molecule has 0 N–H and O–H groups in total. The molecule has 0 saturated carbocycles. The van der Waals surface area contributed by atoms with Crippen LogP contribution in [0, 0.1) is 5.82 Å². The van der Waals surface area contributed by atoms with Crippen molar-refractivity contribution in [2.24, 2.45) is 0 Å². The van der Waals surface area contributed by atoms with Gasteiger partial charge >= 0.3 is 0 Å². The van der Waals surface area contributed by atoms with E-state index < -0.39 is 0 Å². The lowest BCUT2D eigenvalue weighted by atomic mass is 10.1. The van der Waals surface area contributed by atoms with Gasteiger partial charge in [-0.3, -0.25) is 4.79 Å². The monoisotopic (exact) mass is 355 g/mol. The van der Waals surface area contributed by atoms with Gasteiger partial charge in [-0.25, -0.2) is 4.39 Å². The molecule has 5 heteroatoms. The molecular weight excluding hydrogens is 337 g/mol. The van der Waals surface area contributed by atoms with E-state index >= 15 is 0 Å². The number of methoxy groups -OCH3 is 1. The SMILES string of the molecule is COCc1c(C(=O)N2c3ccccc3CC2C)sc2cccc(F)c12. The Kier molecular flexibility index (Phi) is 4.06. The second kappa shape index (κ2) is 6.24.